The largest absolute Gasteiger partial charge is 0.0613 e. The molecule has 0 aromatic heterocycles. The molecule has 2 aromatic carbocycles. The van der Waals surface area contributed by atoms with Gasteiger partial charge in [0.05, 0.1) is 0 Å². The third kappa shape index (κ3) is 2.33. The van der Waals surface area contributed by atoms with E-state index in [-0.39, 0.29) is 6.42 Å². The Balaban J connectivity index is 1.95. The van der Waals surface area contributed by atoms with Crippen molar-refractivity contribution in [3.05, 3.63) is 70.3 Å². The molecular formula is C18H20. The van der Waals surface area contributed by atoms with Crippen LogP contribution in [0.3, 0.4) is 0 Å². The summed E-state index contributed by atoms with van der Waals surface area (Å²) in [4.78, 5) is 0. The third-order valence-corrected chi connectivity index (χ3v) is 3.87. The topological polar surface area (TPSA) is 0 Å². The second kappa shape index (κ2) is 4.97. The minimum atomic E-state index is -1.90. The molecule has 0 unspecified atom stereocenters. The van der Waals surface area contributed by atoms with Crippen molar-refractivity contribution in [2.45, 2.75) is 39.0 Å². The number of benzene rings is 2. The van der Waals surface area contributed by atoms with Crippen molar-refractivity contribution >= 4 is 0 Å². The predicted octanol–water partition coefficient (Wildman–Crippen LogP) is 4.13. The summed E-state index contributed by atoms with van der Waals surface area (Å²) in [5.74, 6) is 0. The molecule has 4 bridgehead atoms. The van der Waals surface area contributed by atoms with Crippen LogP contribution in [0.5, 0.6) is 0 Å². The number of aryl methyl sites for hydroxylation is 5. The van der Waals surface area contributed by atoms with Crippen molar-refractivity contribution in [1.29, 1.82) is 0 Å². The van der Waals surface area contributed by atoms with Crippen LogP contribution in [-0.4, -0.2) is 0 Å². The van der Waals surface area contributed by atoms with E-state index >= 15 is 0 Å². The summed E-state index contributed by atoms with van der Waals surface area (Å²) >= 11 is 0. The summed E-state index contributed by atoms with van der Waals surface area (Å²) in [6.45, 7) is -1.90. The minimum Gasteiger partial charge on any atom is -0.0613 e. The Morgan fingerprint density at radius 1 is 0.833 bits per heavy atom. The standard InChI is InChI=1S/C18H20/c1-2-17-13-16-8-7-14-3-5-15(6-4-14)9-11-18(17)12-10-16/h3-6,10,12-13H,2,7-9,11H2,1H3/i1D3. The van der Waals surface area contributed by atoms with Gasteiger partial charge in [0.25, 0.3) is 0 Å². The molecule has 0 saturated carbocycles. The Hall–Kier alpha value is -1.56. The van der Waals surface area contributed by atoms with Gasteiger partial charge in [-0.1, -0.05) is 49.3 Å². The molecule has 0 amide bonds. The molecule has 6 rings (SSSR count). The molecule has 0 fully saturated rings. The SMILES string of the molecule is [2H]C([2H])([2H])Cc1cc2ccc1CCc1ccc(cc1)CC2. The van der Waals surface area contributed by atoms with Gasteiger partial charge in [-0.2, -0.15) is 0 Å². The van der Waals surface area contributed by atoms with Crippen LogP contribution in [0.25, 0.3) is 0 Å². The van der Waals surface area contributed by atoms with Crippen molar-refractivity contribution in [3.63, 3.8) is 0 Å². The lowest BCUT2D eigenvalue weighted by Crippen LogP contribution is -2.01. The highest BCUT2D eigenvalue weighted by Crippen LogP contribution is 2.19. The van der Waals surface area contributed by atoms with E-state index in [1.807, 2.05) is 0 Å². The molecule has 4 aliphatic rings. The van der Waals surface area contributed by atoms with Crippen LogP contribution in [-0.2, 0) is 32.1 Å². The van der Waals surface area contributed by atoms with Crippen LogP contribution in [0.4, 0.5) is 0 Å². The first kappa shape index (κ1) is 8.53. The molecular weight excluding hydrogens is 216 g/mol. The zero-order chi connectivity index (χ0) is 14.9. The van der Waals surface area contributed by atoms with Crippen molar-refractivity contribution in [2.24, 2.45) is 0 Å². The van der Waals surface area contributed by atoms with E-state index in [1.54, 1.807) is 0 Å². The summed E-state index contributed by atoms with van der Waals surface area (Å²) in [6.07, 6.45) is 4.02. The van der Waals surface area contributed by atoms with Crippen LogP contribution >= 0.6 is 0 Å². The molecule has 0 aliphatic heterocycles. The van der Waals surface area contributed by atoms with Gasteiger partial charge in [-0.25, -0.2) is 0 Å². The first-order valence-corrected chi connectivity index (χ1v) is 6.68. The van der Waals surface area contributed by atoms with E-state index in [0.717, 1.165) is 31.2 Å². The van der Waals surface area contributed by atoms with Gasteiger partial charge >= 0.3 is 0 Å². The molecule has 0 heteroatoms. The molecule has 0 heterocycles. The average Bonchev–Trinajstić information content (AvgIpc) is 2.41. The zero-order valence-electron chi connectivity index (χ0n) is 13.6. The molecule has 0 radical (unpaired) electrons. The lowest BCUT2D eigenvalue weighted by Gasteiger charge is -2.13. The van der Waals surface area contributed by atoms with Crippen LogP contribution in [0, 0.1) is 0 Å². The Morgan fingerprint density at radius 2 is 1.44 bits per heavy atom. The van der Waals surface area contributed by atoms with Gasteiger partial charge < -0.3 is 0 Å². The first-order chi connectivity index (χ1) is 9.99. The molecule has 18 heavy (non-hydrogen) atoms. The fraction of sp³-hybridized carbons (Fsp3) is 0.333. The number of hydrogen-bond acceptors (Lipinski definition) is 0. The van der Waals surface area contributed by atoms with E-state index in [4.69, 9.17) is 4.11 Å². The molecule has 0 N–H and O–H groups in total. The van der Waals surface area contributed by atoms with Gasteiger partial charge in [-0.3, -0.25) is 0 Å². The Labute approximate surface area is 114 Å². The van der Waals surface area contributed by atoms with Crippen molar-refractivity contribution in [3.8, 4) is 0 Å². The summed E-state index contributed by atoms with van der Waals surface area (Å²) in [5.41, 5.74) is 6.09. The van der Waals surface area contributed by atoms with Crippen LogP contribution < -0.4 is 0 Å². The van der Waals surface area contributed by atoms with Crippen LogP contribution in [0.2, 0.25) is 0 Å². The van der Waals surface area contributed by atoms with Gasteiger partial charge in [0.2, 0.25) is 0 Å². The van der Waals surface area contributed by atoms with E-state index in [2.05, 4.69) is 42.5 Å². The van der Waals surface area contributed by atoms with Crippen LogP contribution in [0.1, 0.15) is 38.8 Å². The molecule has 2 aromatic rings. The average molecular weight is 239 g/mol. The zero-order valence-corrected chi connectivity index (χ0v) is 10.6. The van der Waals surface area contributed by atoms with Gasteiger partial charge in [-0.05, 0) is 59.9 Å². The van der Waals surface area contributed by atoms with E-state index in [0.29, 0.717) is 0 Å². The number of hydrogen-bond donors (Lipinski definition) is 0. The fourth-order valence-corrected chi connectivity index (χ4v) is 2.68. The van der Waals surface area contributed by atoms with Crippen molar-refractivity contribution < 1.29 is 4.11 Å². The lowest BCUT2D eigenvalue weighted by atomic mass is 9.92. The maximum absolute atomic E-state index is 7.55. The second-order valence-electron chi connectivity index (χ2n) is 5.10. The quantitative estimate of drug-likeness (QED) is 0.702. The van der Waals surface area contributed by atoms with E-state index in [1.165, 1.54) is 22.3 Å². The Bertz CT molecular complexity index is 624. The second-order valence-corrected chi connectivity index (χ2v) is 5.10. The summed E-state index contributed by atoms with van der Waals surface area (Å²) in [7, 11) is 0. The molecule has 0 atom stereocenters. The summed E-state index contributed by atoms with van der Waals surface area (Å²) in [5, 5.41) is 0. The van der Waals surface area contributed by atoms with Crippen molar-refractivity contribution in [2.75, 3.05) is 0 Å². The van der Waals surface area contributed by atoms with Gasteiger partial charge in [0.15, 0.2) is 0 Å². The highest BCUT2D eigenvalue weighted by atomic mass is 14.1. The smallest absolute Gasteiger partial charge is 0.0234 e. The fourth-order valence-electron chi connectivity index (χ4n) is 2.68. The lowest BCUT2D eigenvalue weighted by molar-refractivity contribution is 0.898. The molecule has 0 spiro atoms. The first-order valence-electron chi connectivity index (χ1n) is 8.18. The maximum atomic E-state index is 7.55. The Kier molecular flexibility index (Phi) is 2.36. The van der Waals surface area contributed by atoms with Crippen LogP contribution in [0.15, 0.2) is 42.5 Å². The highest BCUT2D eigenvalue weighted by molar-refractivity contribution is 5.35. The predicted molar refractivity (Wildman–Crippen MR) is 77.1 cm³/mol. The summed E-state index contributed by atoms with van der Waals surface area (Å²) in [6, 6.07) is 15.2. The van der Waals surface area contributed by atoms with E-state index in [9.17, 15) is 0 Å². The normalized spacial score (nSPS) is 17.4. The van der Waals surface area contributed by atoms with Gasteiger partial charge in [0.1, 0.15) is 0 Å². The minimum absolute atomic E-state index is 0.174. The van der Waals surface area contributed by atoms with E-state index < -0.39 is 6.85 Å². The summed E-state index contributed by atoms with van der Waals surface area (Å²) < 4.78 is 22.6. The van der Waals surface area contributed by atoms with Gasteiger partial charge in [0, 0.05) is 4.11 Å². The highest BCUT2D eigenvalue weighted by Gasteiger charge is 2.06. The molecule has 92 valence electrons. The molecule has 4 aliphatic carbocycles. The van der Waals surface area contributed by atoms with Crippen molar-refractivity contribution in [1.82, 2.24) is 0 Å². The van der Waals surface area contributed by atoms with Gasteiger partial charge in [-0.15, -0.1) is 0 Å². The maximum Gasteiger partial charge on any atom is 0.0234 e. The number of rotatable bonds is 1. The Morgan fingerprint density at radius 3 is 2.17 bits per heavy atom. The third-order valence-electron chi connectivity index (χ3n) is 3.87. The molecule has 0 nitrogen and oxygen atoms in total. The monoisotopic (exact) mass is 239 g/mol. The molecule has 0 saturated heterocycles.